The van der Waals surface area contributed by atoms with Gasteiger partial charge in [-0.1, -0.05) is 19.1 Å². The van der Waals surface area contributed by atoms with E-state index in [1.165, 1.54) is 19.9 Å². The Hall–Kier alpha value is -2.72. The monoisotopic (exact) mass is 422 g/mol. The summed E-state index contributed by atoms with van der Waals surface area (Å²) in [6.45, 7) is 2.97. The number of hydrogen-bond donors (Lipinski definition) is 1. The molecule has 0 radical (unpaired) electrons. The number of aromatic nitrogens is 1. The van der Waals surface area contributed by atoms with Crippen LogP contribution in [0.15, 0.2) is 50.6 Å². The molecule has 3 rings (SSSR count). The number of benzene rings is 2. The smallest absolute Gasteiger partial charge is 0.264 e. The van der Waals surface area contributed by atoms with Gasteiger partial charge in [0.1, 0.15) is 5.52 Å². The summed E-state index contributed by atoms with van der Waals surface area (Å²) in [5.41, 5.74) is 1.10. The van der Waals surface area contributed by atoms with E-state index >= 15 is 0 Å². The third-order valence-corrected chi connectivity index (χ3v) is 6.80. The standard InChI is InChI=1S/C18H18N2O6S2/c1-4-16(21)20-28(24,25)14-9-10-15(27(3,22)23)17(11(14)2)18-19-12-7-5-6-8-13(12)26-18/h5-10H,4H2,1-3H3,(H,20,21). The molecule has 0 aliphatic rings. The summed E-state index contributed by atoms with van der Waals surface area (Å²) < 4.78 is 57.4. The Morgan fingerprint density at radius 1 is 1.07 bits per heavy atom. The number of amides is 1. The summed E-state index contributed by atoms with van der Waals surface area (Å²) in [6.07, 6.45) is 0.999. The molecule has 0 atom stereocenters. The second kappa shape index (κ2) is 7.02. The van der Waals surface area contributed by atoms with Crippen LogP contribution < -0.4 is 4.72 Å². The molecule has 0 aliphatic carbocycles. The van der Waals surface area contributed by atoms with Gasteiger partial charge in [-0.3, -0.25) is 4.79 Å². The van der Waals surface area contributed by atoms with Crippen LogP contribution in [0.5, 0.6) is 0 Å². The molecule has 0 fully saturated rings. The van der Waals surface area contributed by atoms with Crippen LogP contribution in [0.1, 0.15) is 18.9 Å². The molecule has 3 aromatic rings. The zero-order valence-electron chi connectivity index (χ0n) is 15.4. The van der Waals surface area contributed by atoms with E-state index in [0.717, 1.165) is 12.3 Å². The Bertz CT molecular complexity index is 1260. The molecule has 0 bridgehead atoms. The van der Waals surface area contributed by atoms with Crippen molar-refractivity contribution in [3.63, 3.8) is 0 Å². The van der Waals surface area contributed by atoms with Crippen molar-refractivity contribution in [3.8, 4) is 11.5 Å². The first-order chi connectivity index (χ1) is 13.0. The SMILES string of the molecule is CCC(=O)NS(=O)(=O)c1ccc(S(C)(=O)=O)c(-c2nc3ccccc3o2)c1C. The predicted molar refractivity (Wildman–Crippen MR) is 103 cm³/mol. The third-order valence-electron chi connectivity index (χ3n) is 4.14. The van der Waals surface area contributed by atoms with Gasteiger partial charge in [-0.15, -0.1) is 0 Å². The number of carbonyl (C=O) groups is 1. The van der Waals surface area contributed by atoms with E-state index in [1.807, 2.05) is 4.72 Å². The highest BCUT2D eigenvalue weighted by Gasteiger charge is 2.28. The largest absolute Gasteiger partial charge is 0.436 e. The summed E-state index contributed by atoms with van der Waals surface area (Å²) in [6, 6.07) is 9.19. The van der Waals surface area contributed by atoms with Crippen LogP contribution in [0.2, 0.25) is 0 Å². The molecular weight excluding hydrogens is 404 g/mol. The maximum Gasteiger partial charge on any atom is 0.264 e. The highest BCUT2D eigenvalue weighted by Crippen LogP contribution is 2.35. The molecule has 1 aromatic heterocycles. The van der Waals surface area contributed by atoms with Crippen LogP contribution in [-0.2, 0) is 24.7 Å². The van der Waals surface area contributed by atoms with Gasteiger partial charge >= 0.3 is 0 Å². The first-order valence-electron chi connectivity index (χ1n) is 8.30. The van der Waals surface area contributed by atoms with Crippen molar-refractivity contribution >= 4 is 36.9 Å². The van der Waals surface area contributed by atoms with Crippen LogP contribution in [-0.4, -0.2) is 34.0 Å². The molecule has 1 heterocycles. The fourth-order valence-corrected chi connectivity index (χ4v) is 5.02. The van der Waals surface area contributed by atoms with E-state index in [4.69, 9.17) is 4.42 Å². The molecule has 0 saturated carbocycles. The molecule has 148 valence electrons. The lowest BCUT2D eigenvalue weighted by Crippen LogP contribution is -2.30. The molecular formula is C18H18N2O6S2. The molecule has 0 saturated heterocycles. The molecule has 1 N–H and O–H groups in total. The second-order valence-electron chi connectivity index (χ2n) is 6.20. The first-order valence-corrected chi connectivity index (χ1v) is 11.7. The lowest BCUT2D eigenvalue weighted by molar-refractivity contribution is -0.119. The van der Waals surface area contributed by atoms with Gasteiger partial charge in [0, 0.05) is 12.7 Å². The zero-order chi connectivity index (χ0) is 20.7. The molecule has 10 heteroatoms. The summed E-state index contributed by atoms with van der Waals surface area (Å²) in [5.74, 6) is -0.687. The summed E-state index contributed by atoms with van der Waals surface area (Å²) in [5, 5.41) is 0. The summed E-state index contributed by atoms with van der Waals surface area (Å²) in [4.78, 5) is 15.6. The normalized spacial score (nSPS) is 12.2. The third kappa shape index (κ3) is 3.65. The summed E-state index contributed by atoms with van der Waals surface area (Å²) in [7, 11) is -7.90. The number of oxazole rings is 1. The van der Waals surface area contributed by atoms with Crippen molar-refractivity contribution < 1.29 is 26.0 Å². The van der Waals surface area contributed by atoms with Gasteiger partial charge in [0.25, 0.3) is 10.0 Å². The fourth-order valence-electron chi connectivity index (χ4n) is 2.79. The molecule has 28 heavy (non-hydrogen) atoms. The number of sulfone groups is 1. The van der Waals surface area contributed by atoms with Crippen molar-refractivity contribution in [3.05, 3.63) is 42.0 Å². The lowest BCUT2D eigenvalue weighted by Gasteiger charge is -2.14. The van der Waals surface area contributed by atoms with Crippen molar-refractivity contribution in [1.82, 2.24) is 9.71 Å². The van der Waals surface area contributed by atoms with Gasteiger partial charge in [0.15, 0.2) is 15.4 Å². The van der Waals surface area contributed by atoms with E-state index in [2.05, 4.69) is 4.98 Å². The molecule has 0 unspecified atom stereocenters. The van der Waals surface area contributed by atoms with Crippen LogP contribution in [0, 0.1) is 6.92 Å². The number of fused-ring (bicyclic) bond motifs is 1. The number of nitrogens with zero attached hydrogens (tertiary/aromatic N) is 1. The quantitative estimate of drug-likeness (QED) is 0.670. The number of hydrogen-bond acceptors (Lipinski definition) is 7. The number of sulfonamides is 1. The molecule has 1 amide bonds. The van der Waals surface area contributed by atoms with Gasteiger partial charge in [-0.2, -0.15) is 0 Å². The van der Waals surface area contributed by atoms with E-state index in [-0.39, 0.29) is 33.2 Å². The van der Waals surface area contributed by atoms with Crippen molar-refractivity contribution in [2.24, 2.45) is 0 Å². The van der Waals surface area contributed by atoms with Crippen LogP contribution >= 0.6 is 0 Å². The Labute approximate surface area is 162 Å². The van der Waals surface area contributed by atoms with Crippen molar-refractivity contribution in [2.45, 2.75) is 30.1 Å². The molecule has 0 spiro atoms. The van der Waals surface area contributed by atoms with Crippen LogP contribution in [0.4, 0.5) is 0 Å². The number of rotatable bonds is 5. The van der Waals surface area contributed by atoms with Gasteiger partial charge < -0.3 is 4.42 Å². The Morgan fingerprint density at radius 3 is 2.32 bits per heavy atom. The maximum absolute atomic E-state index is 12.6. The van der Waals surface area contributed by atoms with Gasteiger partial charge in [0.05, 0.1) is 15.4 Å². The minimum Gasteiger partial charge on any atom is -0.436 e. The Kier molecular flexibility index (Phi) is 5.02. The minimum absolute atomic E-state index is 0.0157. The summed E-state index contributed by atoms with van der Waals surface area (Å²) >= 11 is 0. The Morgan fingerprint density at radius 2 is 1.71 bits per heavy atom. The second-order valence-corrected chi connectivity index (χ2v) is 9.84. The van der Waals surface area contributed by atoms with E-state index < -0.39 is 25.8 Å². The first kappa shape index (κ1) is 20.0. The zero-order valence-corrected chi connectivity index (χ0v) is 17.0. The average molecular weight is 422 g/mol. The van der Waals surface area contributed by atoms with Crippen molar-refractivity contribution in [1.29, 1.82) is 0 Å². The molecule has 2 aromatic carbocycles. The Balaban J connectivity index is 2.31. The highest BCUT2D eigenvalue weighted by molar-refractivity contribution is 7.91. The number of para-hydroxylation sites is 2. The van der Waals surface area contributed by atoms with Gasteiger partial charge in [-0.05, 0) is 36.8 Å². The van der Waals surface area contributed by atoms with E-state index in [0.29, 0.717) is 11.1 Å². The maximum atomic E-state index is 12.6. The highest BCUT2D eigenvalue weighted by atomic mass is 32.2. The topological polar surface area (TPSA) is 123 Å². The fraction of sp³-hybridized carbons (Fsp3) is 0.222. The van der Waals surface area contributed by atoms with E-state index in [1.54, 1.807) is 24.3 Å². The number of nitrogens with one attached hydrogen (secondary N) is 1. The lowest BCUT2D eigenvalue weighted by atomic mass is 10.1. The molecule has 0 aliphatic heterocycles. The molecule has 8 nitrogen and oxygen atoms in total. The van der Waals surface area contributed by atoms with Crippen LogP contribution in [0.3, 0.4) is 0 Å². The van der Waals surface area contributed by atoms with Gasteiger partial charge in [0.2, 0.25) is 11.8 Å². The average Bonchev–Trinajstić information content (AvgIpc) is 3.03. The van der Waals surface area contributed by atoms with Crippen LogP contribution in [0.25, 0.3) is 22.6 Å². The number of carbonyl (C=O) groups excluding carboxylic acids is 1. The van der Waals surface area contributed by atoms with Gasteiger partial charge in [-0.25, -0.2) is 26.5 Å². The predicted octanol–water partition coefficient (Wildman–Crippen LogP) is 2.42. The van der Waals surface area contributed by atoms with Crippen molar-refractivity contribution in [2.75, 3.05) is 6.26 Å². The van der Waals surface area contributed by atoms with E-state index in [9.17, 15) is 21.6 Å². The minimum atomic E-state index is -4.19.